The molecule has 1 fully saturated rings. The van der Waals surface area contributed by atoms with Crippen LogP contribution in [-0.4, -0.2) is 37.4 Å². The van der Waals surface area contributed by atoms with Crippen LogP contribution in [0.5, 0.6) is 0 Å². The van der Waals surface area contributed by atoms with E-state index in [2.05, 4.69) is 21.6 Å². The van der Waals surface area contributed by atoms with Gasteiger partial charge in [-0.3, -0.25) is 9.59 Å². The van der Waals surface area contributed by atoms with Gasteiger partial charge in [0, 0.05) is 26.1 Å². The summed E-state index contributed by atoms with van der Waals surface area (Å²) in [5.41, 5.74) is 2.36. The number of piperidine rings is 1. The van der Waals surface area contributed by atoms with Crippen molar-refractivity contribution in [3.8, 4) is 0 Å². The Labute approximate surface area is 125 Å². The van der Waals surface area contributed by atoms with Gasteiger partial charge in [0.15, 0.2) is 0 Å². The number of amides is 2. The highest BCUT2D eigenvalue weighted by molar-refractivity contribution is 5.83. The van der Waals surface area contributed by atoms with Gasteiger partial charge in [-0.1, -0.05) is 24.3 Å². The van der Waals surface area contributed by atoms with Crippen molar-refractivity contribution in [3.05, 3.63) is 35.4 Å². The largest absolute Gasteiger partial charge is 0.355 e. The SMILES string of the molecule is CN(C)Cc1ccccc1CNC(=O)C1CCC(=O)NC1. The summed E-state index contributed by atoms with van der Waals surface area (Å²) < 4.78 is 0. The van der Waals surface area contributed by atoms with Gasteiger partial charge in [0.1, 0.15) is 0 Å². The number of carbonyl (C=O) groups is 2. The lowest BCUT2D eigenvalue weighted by atomic mass is 9.98. The lowest BCUT2D eigenvalue weighted by Gasteiger charge is -2.22. The number of rotatable bonds is 5. The standard InChI is InChI=1S/C16H23N3O2/c1-19(2)11-14-6-4-3-5-12(14)9-18-16(21)13-7-8-15(20)17-10-13/h3-6,13H,7-11H2,1-2H3,(H,17,20)(H,18,21). The maximum Gasteiger partial charge on any atom is 0.225 e. The normalized spacial score (nSPS) is 18.4. The van der Waals surface area contributed by atoms with Crippen molar-refractivity contribution in [3.63, 3.8) is 0 Å². The van der Waals surface area contributed by atoms with Crippen molar-refractivity contribution in [2.75, 3.05) is 20.6 Å². The summed E-state index contributed by atoms with van der Waals surface area (Å²) in [6.07, 6.45) is 1.08. The Morgan fingerprint density at radius 2 is 2.05 bits per heavy atom. The quantitative estimate of drug-likeness (QED) is 0.846. The summed E-state index contributed by atoms with van der Waals surface area (Å²) in [6.45, 7) is 1.84. The molecule has 2 N–H and O–H groups in total. The lowest BCUT2D eigenvalue weighted by molar-refractivity contribution is -0.129. The van der Waals surface area contributed by atoms with Gasteiger partial charge in [-0.05, 0) is 31.6 Å². The molecule has 0 aromatic heterocycles. The van der Waals surface area contributed by atoms with Crippen molar-refractivity contribution in [2.45, 2.75) is 25.9 Å². The van der Waals surface area contributed by atoms with Crippen LogP contribution in [0, 0.1) is 5.92 Å². The first-order valence-electron chi connectivity index (χ1n) is 7.32. The zero-order chi connectivity index (χ0) is 15.2. The van der Waals surface area contributed by atoms with Crippen LogP contribution < -0.4 is 10.6 Å². The minimum atomic E-state index is -0.108. The molecule has 0 bridgehead atoms. The van der Waals surface area contributed by atoms with Crippen molar-refractivity contribution >= 4 is 11.8 Å². The summed E-state index contributed by atoms with van der Waals surface area (Å²) in [4.78, 5) is 25.4. The first-order chi connectivity index (χ1) is 10.1. The molecule has 0 aliphatic carbocycles. The number of benzene rings is 1. The molecule has 0 spiro atoms. The summed E-state index contributed by atoms with van der Waals surface area (Å²) in [6, 6.07) is 8.13. The van der Waals surface area contributed by atoms with Gasteiger partial charge in [-0.15, -0.1) is 0 Å². The summed E-state index contributed by atoms with van der Waals surface area (Å²) in [5.74, 6) is -0.0475. The van der Waals surface area contributed by atoms with Gasteiger partial charge in [-0.25, -0.2) is 0 Å². The molecular weight excluding hydrogens is 266 g/mol. The Kier molecular flexibility index (Phi) is 5.33. The predicted molar refractivity (Wildman–Crippen MR) is 81.4 cm³/mol. The van der Waals surface area contributed by atoms with E-state index in [-0.39, 0.29) is 17.7 Å². The number of nitrogens with one attached hydrogen (secondary N) is 2. The zero-order valence-electron chi connectivity index (χ0n) is 12.7. The monoisotopic (exact) mass is 289 g/mol. The lowest BCUT2D eigenvalue weighted by Crippen LogP contribution is -2.42. The molecule has 1 aliphatic heterocycles. The summed E-state index contributed by atoms with van der Waals surface area (Å²) >= 11 is 0. The average Bonchev–Trinajstić information content (AvgIpc) is 2.46. The van der Waals surface area contributed by atoms with Crippen molar-refractivity contribution in [1.29, 1.82) is 0 Å². The van der Waals surface area contributed by atoms with Crippen molar-refractivity contribution in [1.82, 2.24) is 15.5 Å². The number of hydrogen-bond acceptors (Lipinski definition) is 3. The van der Waals surface area contributed by atoms with Gasteiger partial charge < -0.3 is 15.5 Å². The van der Waals surface area contributed by atoms with Crippen molar-refractivity contribution in [2.24, 2.45) is 5.92 Å². The van der Waals surface area contributed by atoms with E-state index in [0.717, 1.165) is 12.1 Å². The summed E-state index contributed by atoms with van der Waals surface area (Å²) in [7, 11) is 4.06. The molecule has 0 saturated carbocycles. The van der Waals surface area contributed by atoms with E-state index in [1.54, 1.807) is 0 Å². The molecule has 2 amide bonds. The maximum atomic E-state index is 12.1. The highest BCUT2D eigenvalue weighted by Crippen LogP contribution is 2.13. The number of nitrogens with zero attached hydrogens (tertiary/aromatic N) is 1. The minimum Gasteiger partial charge on any atom is -0.355 e. The van der Waals surface area contributed by atoms with Gasteiger partial charge >= 0.3 is 0 Å². The predicted octanol–water partition coefficient (Wildman–Crippen LogP) is 0.891. The van der Waals surface area contributed by atoms with Crippen molar-refractivity contribution < 1.29 is 9.59 Å². The average molecular weight is 289 g/mol. The molecule has 1 unspecified atom stereocenters. The number of hydrogen-bond donors (Lipinski definition) is 2. The third-order valence-electron chi connectivity index (χ3n) is 3.69. The Morgan fingerprint density at radius 3 is 2.67 bits per heavy atom. The zero-order valence-corrected chi connectivity index (χ0v) is 12.7. The first kappa shape index (κ1) is 15.5. The molecule has 1 atom stereocenters. The van der Waals surface area contributed by atoms with E-state index in [0.29, 0.717) is 25.9 Å². The van der Waals surface area contributed by atoms with Crippen LogP contribution >= 0.6 is 0 Å². The first-order valence-corrected chi connectivity index (χ1v) is 7.32. The third-order valence-corrected chi connectivity index (χ3v) is 3.69. The van der Waals surface area contributed by atoms with Gasteiger partial charge in [0.05, 0.1) is 5.92 Å². The maximum absolute atomic E-state index is 12.1. The fourth-order valence-corrected chi connectivity index (χ4v) is 2.51. The Morgan fingerprint density at radius 1 is 1.33 bits per heavy atom. The minimum absolute atomic E-state index is 0.0228. The van der Waals surface area contributed by atoms with Crippen LogP contribution in [0.2, 0.25) is 0 Å². The molecule has 1 saturated heterocycles. The van der Waals surface area contributed by atoms with Gasteiger partial charge in [-0.2, -0.15) is 0 Å². The fraction of sp³-hybridized carbons (Fsp3) is 0.500. The molecule has 1 heterocycles. The van der Waals surface area contributed by atoms with Crippen LogP contribution in [0.4, 0.5) is 0 Å². The second-order valence-electron chi connectivity index (χ2n) is 5.76. The highest BCUT2D eigenvalue weighted by atomic mass is 16.2. The van der Waals surface area contributed by atoms with Gasteiger partial charge in [0.25, 0.3) is 0 Å². The molecule has 1 aliphatic rings. The molecular formula is C16H23N3O2. The third kappa shape index (κ3) is 4.56. The molecule has 0 radical (unpaired) electrons. The molecule has 5 heteroatoms. The van der Waals surface area contributed by atoms with E-state index in [1.807, 2.05) is 32.3 Å². The number of carbonyl (C=O) groups excluding carboxylic acids is 2. The van der Waals surface area contributed by atoms with E-state index >= 15 is 0 Å². The fourth-order valence-electron chi connectivity index (χ4n) is 2.51. The van der Waals surface area contributed by atoms with Crippen LogP contribution in [0.25, 0.3) is 0 Å². The van der Waals surface area contributed by atoms with E-state index in [9.17, 15) is 9.59 Å². The Balaban J connectivity index is 1.90. The highest BCUT2D eigenvalue weighted by Gasteiger charge is 2.24. The summed E-state index contributed by atoms with van der Waals surface area (Å²) in [5, 5.41) is 5.73. The van der Waals surface area contributed by atoms with Crippen LogP contribution in [0.3, 0.4) is 0 Å². The second kappa shape index (κ2) is 7.22. The Bertz CT molecular complexity index is 504. The Hall–Kier alpha value is -1.88. The van der Waals surface area contributed by atoms with E-state index in [4.69, 9.17) is 0 Å². The smallest absolute Gasteiger partial charge is 0.225 e. The second-order valence-corrected chi connectivity index (χ2v) is 5.76. The van der Waals surface area contributed by atoms with Crippen LogP contribution in [0.15, 0.2) is 24.3 Å². The van der Waals surface area contributed by atoms with E-state index < -0.39 is 0 Å². The molecule has 1 aromatic rings. The molecule has 5 nitrogen and oxygen atoms in total. The van der Waals surface area contributed by atoms with Crippen LogP contribution in [-0.2, 0) is 22.7 Å². The topological polar surface area (TPSA) is 61.4 Å². The molecule has 1 aromatic carbocycles. The van der Waals surface area contributed by atoms with Gasteiger partial charge in [0.2, 0.25) is 11.8 Å². The van der Waals surface area contributed by atoms with E-state index in [1.165, 1.54) is 5.56 Å². The van der Waals surface area contributed by atoms with Crippen LogP contribution in [0.1, 0.15) is 24.0 Å². The molecule has 2 rings (SSSR count). The molecule has 21 heavy (non-hydrogen) atoms. The molecule has 114 valence electrons.